The first-order chi connectivity index (χ1) is 9.74. The molecule has 20 heavy (non-hydrogen) atoms. The van der Waals surface area contributed by atoms with Crippen molar-refractivity contribution in [2.24, 2.45) is 0 Å². The predicted octanol–water partition coefficient (Wildman–Crippen LogP) is 2.50. The van der Waals surface area contributed by atoms with Gasteiger partial charge >= 0.3 is 0 Å². The quantitative estimate of drug-likeness (QED) is 0.837. The lowest BCUT2D eigenvalue weighted by atomic mass is 10.0. The van der Waals surface area contributed by atoms with Crippen molar-refractivity contribution in [3.63, 3.8) is 0 Å². The van der Waals surface area contributed by atoms with E-state index in [0.29, 0.717) is 6.04 Å². The number of rotatable bonds is 6. The molecule has 2 heterocycles. The Balaban J connectivity index is 1.92. The first kappa shape index (κ1) is 15.0. The summed E-state index contributed by atoms with van der Waals surface area (Å²) in [5.41, 5.74) is 1.12. The van der Waals surface area contributed by atoms with Gasteiger partial charge in [-0.1, -0.05) is 6.92 Å². The van der Waals surface area contributed by atoms with Crippen molar-refractivity contribution in [2.45, 2.75) is 46.1 Å². The first-order valence-electron chi connectivity index (χ1n) is 7.79. The van der Waals surface area contributed by atoms with Gasteiger partial charge in [-0.3, -0.25) is 0 Å². The zero-order valence-corrected chi connectivity index (χ0v) is 12.9. The number of hydrogen-bond acceptors (Lipinski definition) is 5. The molecule has 112 valence electrons. The van der Waals surface area contributed by atoms with Gasteiger partial charge in [0.25, 0.3) is 0 Å². The second-order valence-corrected chi connectivity index (χ2v) is 5.49. The fraction of sp³-hybridized carbons (Fsp3) is 0.733. The Hall–Kier alpha value is -1.36. The predicted molar refractivity (Wildman–Crippen MR) is 84.3 cm³/mol. The average molecular weight is 277 g/mol. The van der Waals surface area contributed by atoms with E-state index >= 15 is 0 Å². The molecule has 0 radical (unpaired) electrons. The van der Waals surface area contributed by atoms with Crippen LogP contribution in [0.15, 0.2) is 6.33 Å². The van der Waals surface area contributed by atoms with Gasteiger partial charge in [-0.15, -0.1) is 0 Å². The number of nitrogens with one attached hydrogen (secondary N) is 2. The molecule has 0 unspecified atom stereocenters. The first-order valence-corrected chi connectivity index (χ1v) is 7.79. The van der Waals surface area contributed by atoms with E-state index in [0.717, 1.165) is 23.7 Å². The summed E-state index contributed by atoms with van der Waals surface area (Å²) in [5, 5.41) is 6.87. The number of likely N-dealkylation sites (tertiary alicyclic amines) is 1. The molecule has 0 spiro atoms. The highest BCUT2D eigenvalue weighted by Gasteiger charge is 2.19. The number of piperidine rings is 1. The van der Waals surface area contributed by atoms with Crippen LogP contribution in [-0.4, -0.2) is 47.1 Å². The van der Waals surface area contributed by atoms with Gasteiger partial charge in [0.05, 0.1) is 0 Å². The van der Waals surface area contributed by atoms with Crippen LogP contribution < -0.4 is 10.6 Å². The lowest BCUT2D eigenvalue weighted by Crippen LogP contribution is -2.39. The third-order valence-corrected chi connectivity index (χ3v) is 3.90. The number of nitrogens with zero attached hydrogens (tertiary/aromatic N) is 3. The van der Waals surface area contributed by atoms with Crippen molar-refractivity contribution < 1.29 is 0 Å². The van der Waals surface area contributed by atoms with Gasteiger partial charge in [0.1, 0.15) is 18.0 Å². The maximum atomic E-state index is 4.39. The molecule has 1 aliphatic rings. The van der Waals surface area contributed by atoms with Crippen molar-refractivity contribution >= 4 is 11.6 Å². The maximum absolute atomic E-state index is 4.39. The van der Waals surface area contributed by atoms with Crippen molar-refractivity contribution in [2.75, 3.05) is 36.8 Å². The molecule has 5 nitrogen and oxygen atoms in total. The van der Waals surface area contributed by atoms with Crippen LogP contribution in [-0.2, 0) is 0 Å². The molecule has 0 atom stereocenters. The van der Waals surface area contributed by atoms with E-state index in [1.807, 2.05) is 0 Å². The molecule has 0 aromatic carbocycles. The molecule has 2 N–H and O–H groups in total. The summed E-state index contributed by atoms with van der Waals surface area (Å²) in [6.45, 7) is 10.9. The molecule has 2 rings (SSSR count). The lowest BCUT2D eigenvalue weighted by Gasteiger charge is -2.32. The van der Waals surface area contributed by atoms with E-state index in [1.165, 1.54) is 38.9 Å². The standard InChI is InChI=1S/C15H27N5/c1-4-8-20-9-6-13(7-10-20)19-15-12(3)14(16-5-2)17-11-18-15/h11,13H,4-10H2,1-3H3,(H2,16,17,18,19). The van der Waals surface area contributed by atoms with Gasteiger partial charge < -0.3 is 15.5 Å². The van der Waals surface area contributed by atoms with Crippen molar-refractivity contribution in [3.05, 3.63) is 11.9 Å². The van der Waals surface area contributed by atoms with Crippen molar-refractivity contribution in [1.29, 1.82) is 0 Å². The van der Waals surface area contributed by atoms with Crippen LogP contribution >= 0.6 is 0 Å². The monoisotopic (exact) mass is 277 g/mol. The minimum atomic E-state index is 0.534. The SMILES string of the molecule is CCCN1CCC(Nc2ncnc(NCC)c2C)CC1. The molecular weight excluding hydrogens is 250 g/mol. The molecule has 1 aromatic heterocycles. The fourth-order valence-corrected chi connectivity index (χ4v) is 2.75. The van der Waals surface area contributed by atoms with Crippen LogP contribution in [0.5, 0.6) is 0 Å². The van der Waals surface area contributed by atoms with Gasteiger partial charge in [-0.25, -0.2) is 9.97 Å². The zero-order valence-electron chi connectivity index (χ0n) is 12.9. The van der Waals surface area contributed by atoms with Crippen LogP contribution in [0.1, 0.15) is 38.7 Å². The molecule has 0 aliphatic carbocycles. The Kier molecular flexibility index (Phi) is 5.59. The topological polar surface area (TPSA) is 53.1 Å². The van der Waals surface area contributed by atoms with Crippen molar-refractivity contribution in [3.8, 4) is 0 Å². The van der Waals surface area contributed by atoms with E-state index in [-0.39, 0.29) is 0 Å². The number of hydrogen-bond donors (Lipinski definition) is 2. The van der Waals surface area contributed by atoms with Crippen LogP contribution in [0.3, 0.4) is 0 Å². The zero-order chi connectivity index (χ0) is 14.4. The molecule has 1 fully saturated rings. The second kappa shape index (κ2) is 7.43. The summed E-state index contributed by atoms with van der Waals surface area (Å²) in [4.78, 5) is 11.2. The molecule has 0 amide bonds. The lowest BCUT2D eigenvalue weighted by molar-refractivity contribution is 0.219. The Morgan fingerprint density at radius 2 is 1.90 bits per heavy atom. The molecule has 0 saturated carbocycles. The Bertz CT molecular complexity index is 413. The third-order valence-electron chi connectivity index (χ3n) is 3.90. The van der Waals surface area contributed by atoms with E-state index in [9.17, 15) is 0 Å². The summed E-state index contributed by atoms with van der Waals surface area (Å²) in [6.07, 6.45) is 5.27. The number of anilines is 2. The molecule has 5 heteroatoms. The minimum Gasteiger partial charge on any atom is -0.370 e. The third kappa shape index (κ3) is 3.82. The normalized spacial score (nSPS) is 17.1. The smallest absolute Gasteiger partial charge is 0.134 e. The van der Waals surface area contributed by atoms with Gasteiger partial charge in [-0.05, 0) is 39.7 Å². The highest BCUT2D eigenvalue weighted by atomic mass is 15.2. The van der Waals surface area contributed by atoms with Gasteiger partial charge in [0, 0.05) is 31.2 Å². The Morgan fingerprint density at radius 1 is 1.20 bits per heavy atom. The molecule has 1 saturated heterocycles. The summed E-state index contributed by atoms with van der Waals surface area (Å²) in [6, 6.07) is 0.534. The largest absolute Gasteiger partial charge is 0.370 e. The van der Waals surface area contributed by atoms with Crippen LogP contribution in [0, 0.1) is 6.92 Å². The van der Waals surface area contributed by atoms with Crippen LogP contribution in [0.25, 0.3) is 0 Å². The summed E-state index contributed by atoms with van der Waals surface area (Å²) < 4.78 is 0. The summed E-state index contributed by atoms with van der Waals surface area (Å²) in [7, 11) is 0. The molecule has 1 aliphatic heterocycles. The van der Waals surface area contributed by atoms with Crippen molar-refractivity contribution in [1.82, 2.24) is 14.9 Å². The highest BCUT2D eigenvalue weighted by molar-refractivity contribution is 5.56. The molecular formula is C15H27N5. The number of aromatic nitrogens is 2. The molecule has 0 bridgehead atoms. The van der Waals surface area contributed by atoms with Gasteiger partial charge in [0.2, 0.25) is 0 Å². The van der Waals surface area contributed by atoms with E-state index in [1.54, 1.807) is 6.33 Å². The van der Waals surface area contributed by atoms with Gasteiger partial charge in [0.15, 0.2) is 0 Å². The fourth-order valence-electron chi connectivity index (χ4n) is 2.75. The maximum Gasteiger partial charge on any atom is 0.134 e. The van der Waals surface area contributed by atoms with Crippen LogP contribution in [0.2, 0.25) is 0 Å². The minimum absolute atomic E-state index is 0.534. The van der Waals surface area contributed by atoms with Gasteiger partial charge in [-0.2, -0.15) is 0 Å². The Morgan fingerprint density at radius 3 is 2.55 bits per heavy atom. The molecule has 1 aromatic rings. The van der Waals surface area contributed by atoms with E-state index < -0.39 is 0 Å². The van der Waals surface area contributed by atoms with E-state index in [2.05, 4.69) is 46.3 Å². The highest BCUT2D eigenvalue weighted by Crippen LogP contribution is 2.21. The summed E-state index contributed by atoms with van der Waals surface area (Å²) in [5.74, 6) is 1.92. The van der Waals surface area contributed by atoms with E-state index in [4.69, 9.17) is 0 Å². The Labute approximate surface area is 122 Å². The average Bonchev–Trinajstić information content (AvgIpc) is 2.46. The summed E-state index contributed by atoms with van der Waals surface area (Å²) >= 11 is 0. The van der Waals surface area contributed by atoms with Crippen LogP contribution in [0.4, 0.5) is 11.6 Å². The second-order valence-electron chi connectivity index (χ2n) is 5.49.